The minimum absolute atomic E-state index is 0.0514. The van der Waals surface area contributed by atoms with E-state index in [2.05, 4.69) is 51.7 Å². The summed E-state index contributed by atoms with van der Waals surface area (Å²) in [6.07, 6.45) is 3.24. The Morgan fingerprint density at radius 3 is 2.00 bits per heavy atom. The van der Waals surface area contributed by atoms with Gasteiger partial charge >= 0.3 is 0 Å². The van der Waals surface area contributed by atoms with Crippen molar-refractivity contribution in [2.75, 3.05) is 16.0 Å². The fraction of sp³-hybridized carbons (Fsp3) is 0.185. The minimum Gasteiger partial charge on any atom is -0.340 e. The van der Waals surface area contributed by atoms with Gasteiger partial charge in [-0.15, -0.1) is 0 Å². The first-order chi connectivity index (χ1) is 16.3. The zero-order valence-electron chi connectivity index (χ0n) is 19.8. The van der Waals surface area contributed by atoms with Gasteiger partial charge in [-0.1, -0.05) is 32.9 Å². The third kappa shape index (κ3) is 5.95. The number of hydrogen-bond donors (Lipinski definition) is 3. The lowest BCUT2D eigenvalue weighted by Crippen LogP contribution is -2.14. The van der Waals surface area contributed by atoms with Crippen LogP contribution in [0.25, 0.3) is 0 Å². The molecule has 3 N–H and O–H groups in total. The molecule has 0 atom stereocenters. The highest BCUT2D eigenvalue weighted by Gasteiger charge is 2.14. The van der Waals surface area contributed by atoms with Crippen LogP contribution < -0.4 is 16.0 Å². The minimum atomic E-state index is -0.141. The molecule has 0 aliphatic carbocycles. The van der Waals surface area contributed by atoms with Crippen LogP contribution in [0.4, 0.5) is 28.8 Å². The lowest BCUT2D eigenvalue weighted by molar-refractivity contribution is 0.102. The number of nitrogens with zero attached hydrogens (tertiary/aromatic N) is 3. The highest BCUT2D eigenvalue weighted by Crippen LogP contribution is 2.23. The summed E-state index contributed by atoms with van der Waals surface area (Å²) in [4.78, 5) is 25.4. The summed E-state index contributed by atoms with van der Waals surface area (Å²) in [7, 11) is 0. The molecule has 0 fully saturated rings. The van der Waals surface area contributed by atoms with Crippen molar-refractivity contribution in [3.63, 3.8) is 0 Å². The maximum absolute atomic E-state index is 12.6. The smallest absolute Gasteiger partial charge is 0.255 e. The lowest BCUT2D eigenvalue weighted by atomic mass is 9.87. The molecule has 0 radical (unpaired) electrons. The van der Waals surface area contributed by atoms with E-state index in [-0.39, 0.29) is 11.3 Å². The van der Waals surface area contributed by atoms with Crippen LogP contribution in [0, 0.1) is 6.92 Å². The molecule has 4 aromatic rings. The van der Waals surface area contributed by atoms with Crippen molar-refractivity contribution >= 4 is 34.7 Å². The Labute approximate surface area is 199 Å². The van der Waals surface area contributed by atoms with Crippen LogP contribution in [0.15, 0.2) is 79.3 Å². The van der Waals surface area contributed by atoms with E-state index in [4.69, 9.17) is 0 Å². The normalized spacial score (nSPS) is 11.1. The first-order valence-corrected chi connectivity index (χ1v) is 11.1. The molecule has 1 amide bonds. The van der Waals surface area contributed by atoms with E-state index in [1.165, 1.54) is 11.9 Å². The zero-order chi connectivity index (χ0) is 24.1. The number of pyridine rings is 1. The summed E-state index contributed by atoms with van der Waals surface area (Å²) in [6.45, 7) is 8.46. The van der Waals surface area contributed by atoms with E-state index >= 15 is 0 Å². The fourth-order valence-corrected chi connectivity index (χ4v) is 3.34. The molecule has 2 aromatic heterocycles. The van der Waals surface area contributed by atoms with Gasteiger partial charge in [0, 0.05) is 29.2 Å². The number of anilines is 5. The van der Waals surface area contributed by atoms with Gasteiger partial charge in [0.15, 0.2) is 0 Å². The fourth-order valence-electron chi connectivity index (χ4n) is 3.34. The number of hydrogen-bond acceptors (Lipinski definition) is 6. The van der Waals surface area contributed by atoms with Gasteiger partial charge in [-0.05, 0) is 72.0 Å². The second-order valence-corrected chi connectivity index (χ2v) is 9.12. The van der Waals surface area contributed by atoms with Crippen molar-refractivity contribution in [3.05, 3.63) is 95.9 Å². The maximum atomic E-state index is 12.6. The molecule has 172 valence electrons. The molecule has 0 aliphatic rings. The van der Waals surface area contributed by atoms with Gasteiger partial charge in [0.05, 0.1) is 0 Å². The largest absolute Gasteiger partial charge is 0.340 e. The van der Waals surface area contributed by atoms with Crippen molar-refractivity contribution in [1.29, 1.82) is 0 Å². The van der Waals surface area contributed by atoms with Crippen molar-refractivity contribution < 1.29 is 4.79 Å². The van der Waals surface area contributed by atoms with Gasteiger partial charge in [-0.25, -0.2) is 15.0 Å². The van der Waals surface area contributed by atoms with E-state index in [1.54, 1.807) is 12.3 Å². The number of aryl methyl sites for hydroxylation is 1. The average Bonchev–Trinajstić information content (AvgIpc) is 2.80. The van der Waals surface area contributed by atoms with E-state index in [0.717, 1.165) is 17.1 Å². The van der Waals surface area contributed by atoms with Crippen molar-refractivity contribution in [2.24, 2.45) is 0 Å². The maximum Gasteiger partial charge on any atom is 0.255 e. The van der Waals surface area contributed by atoms with Crippen LogP contribution in [-0.4, -0.2) is 20.9 Å². The number of carbonyl (C=O) groups is 1. The molecule has 0 spiro atoms. The van der Waals surface area contributed by atoms with Gasteiger partial charge in [0.25, 0.3) is 5.91 Å². The van der Waals surface area contributed by atoms with Crippen LogP contribution in [0.2, 0.25) is 0 Å². The second kappa shape index (κ2) is 9.70. The topological polar surface area (TPSA) is 91.8 Å². The van der Waals surface area contributed by atoms with Gasteiger partial charge in [-0.3, -0.25) is 4.79 Å². The van der Waals surface area contributed by atoms with Crippen molar-refractivity contribution in [2.45, 2.75) is 33.1 Å². The Morgan fingerprint density at radius 2 is 1.35 bits per heavy atom. The number of rotatable bonds is 6. The first-order valence-electron chi connectivity index (χ1n) is 11.1. The third-order valence-corrected chi connectivity index (χ3v) is 5.27. The number of aromatic nitrogens is 3. The summed E-state index contributed by atoms with van der Waals surface area (Å²) in [5, 5.41) is 9.37. The molecule has 0 bridgehead atoms. The Kier molecular flexibility index (Phi) is 6.54. The zero-order valence-corrected chi connectivity index (χ0v) is 19.8. The molecule has 2 heterocycles. The van der Waals surface area contributed by atoms with E-state index in [9.17, 15) is 4.79 Å². The summed E-state index contributed by atoms with van der Waals surface area (Å²) < 4.78 is 0. The van der Waals surface area contributed by atoms with E-state index in [0.29, 0.717) is 22.9 Å². The molecule has 2 aromatic carbocycles. The number of carbonyl (C=O) groups excluding carboxylic acids is 1. The highest BCUT2D eigenvalue weighted by atomic mass is 16.1. The predicted octanol–water partition coefficient (Wildman–Crippen LogP) is 6.22. The van der Waals surface area contributed by atoms with E-state index < -0.39 is 0 Å². The number of benzene rings is 2. The molecular formula is C27H28N6O. The van der Waals surface area contributed by atoms with Crippen LogP contribution >= 0.6 is 0 Å². The Balaban J connectivity index is 1.38. The summed E-state index contributed by atoms with van der Waals surface area (Å²) >= 11 is 0. The van der Waals surface area contributed by atoms with Gasteiger partial charge in [-0.2, -0.15) is 0 Å². The second-order valence-electron chi connectivity index (χ2n) is 9.12. The monoisotopic (exact) mass is 452 g/mol. The van der Waals surface area contributed by atoms with Crippen LogP contribution in [0.5, 0.6) is 0 Å². The number of nitrogens with one attached hydrogen (secondary N) is 3. The highest BCUT2D eigenvalue weighted by molar-refractivity contribution is 6.04. The third-order valence-electron chi connectivity index (χ3n) is 5.27. The molecule has 7 heteroatoms. The summed E-state index contributed by atoms with van der Waals surface area (Å²) in [5.74, 6) is 1.85. The molecule has 0 unspecified atom stereocenters. The number of amides is 1. The van der Waals surface area contributed by atoms with Gasteiger partial charge in [0.2, 0.25) is 0 Å². The van der Waals surface area contributed by atoms with Crippen LogP contribution in [0.3, 0.4) is 0 Å². The molecule has 0 saturated heterocycles. The molecule has 34 heavy (non-hydrogen) atoms. The molecule has 0 saturated carbocycles. The molecular weight excluding hydrogens is 424 g/mol. The standard InChI is InChI=1S/C27H28N6O/c1-18-13-14-28-23(15-18)33-25-16-24(29-17-30-25)31-21-9-11-22(12-10-21)32-26(34)19-5-7-20(8-6-19)27(2,3)4/h5-17H,1-4H3,(H,32,34)(H2,28,29,30,31,33). The van der Waals surface area contributed by atoms with E-state index in [1.807, 2.05) is 67.6 Å². The quantitative estimate of drug-likeness (QED) is 0.322. The van der Waals surface area contributed by atoms with Crippen molar-refractivity contribution in [3.8, 4) is 0 Å². The predicted molar refractivity (Wildman–Crippen MR) is 137 cm³/mol. The Morgan fingerprint density at radius 1 is 0.735 bits per heavy atom. The van der Waals surface area contributed by atoms with Crippen LogP contribution in [-0.2, 0) is 5.41 Å². The Bertz CT molecular complexity index is 1280. The Hall–Kier alpha value is -4.26. The molecule has 4 rings (SSSR count). The summed E-state index contributed by atoms with van der Waals surface area (Å²) in [5.41, 5.74) is 4.53. The van der Waals surface area contributed by atoms with Gasteiger partial charge < -0.3 is 16.0 Å². The van der Waals surface area contributed by atoms with Crippen molar-refractivity contribution in [1.82, 2.24) is 15.0 Å². The summed E-state index contributed by atoms with van der Waals surface area (Å²) in [6, 6.07) is 20.9. The average molecular weight is 453 g/mol. The van der Waals surface area contributed by atoms with Gasteiger partial charge in [0.1, 0.15) is 23.8 Å². The SMILES string of the molecule is Cc1ccnc(Nc2cc(Nc3ccc(NC(=O)c4ccc(C(C)(C)C)cc4)cc3)ncn2)c1. The molecule has 0 aliphatic heterocycles. The molecule has 7 nitrogen and oxygen atoms in total. The van der Waals surface area contributed by atoms with Crippen LogP contribution in [0.1, 0.15) is 42.3 Å². The first kappa shape index (κ1) is 22.9. The lowest BCUT2D eigenvalue weighted by Gasteiger charge is -2.19.